The second kappa shape index (κ2) is 5.41. The number of nitrogens with zero attached hydrogens (tertiary/aromatic N) is 1. The zero-order valence-corrected chi connectivity index (χ0v) is 9.56. The molecule has 0 amide bonds. The highest BCUT2D eigenvalue weighted by molar-refractivity contribution is 5.85. The van der Waals surface area contributed by atoms with E-state index in [1.54, 1.807) is 0 Å². The second-order valence-electron chi connectivity index (χ2n) is 4.62. The summed E-state index contributed by atoms with van der Waals surface area (Å²) < 4.78 is 24.5. The molecule has 1 saturated carbocycles. The van der Waals surface area contributed by atoms with Gasteiger partial charge in [-0.15, -0.1) is 12.4 Å². The van der Waals surface area contributed by atoms with Crippen LogP contribution in [0.2, 0.25) is 0 Å². The Morgan fingerprint density at radius 2 is 1.93 bits per heavy atom. The highest BCUT2D eigenvalue weighted by atomic mass is 35.5. The van der Waals surface area contributed by atoms with E-state index in [1.165, 1.54) is 0 Å². The van der Waals surface area contributed by atoms with Crippen LogP contribution in [-0.2, 0) is 0 Å². The summed E-state index contributed by atoms with van der Waals surface area (Å²) in [6, 6.07) is 0.648. The van der Waals surface area contributed by atoms with Crippen molar-refractivity contribution in [3.63, 3.8) is 0 Å². The van der Waals surface area contributed by atoms with Gasteiger partial charge in [0.15, 0.2) is 0 Å². The Kier molecular flexibility index (Phi) is 4.74. The second-order valence-corrected chi connectivity index (χ2v) is 4.62. The number of piperidine rings is 1. The van der Waals surface area contributed by atoms with Crippen LogP contribution in [0.25, 0.3) is 0 Å². The van der Waals surface area contributed by atoms with Crippen LogP contribution in [0.15, 0.2) is 0 Å². The maximum Gasteiger partial charge on any atom is 0.241 e. The van der Waals surface area contributed by atoms with Gasteiger partial charge in [0.25, 0.3) is 0 Å². The average Bonchev–Trinajstić information content (AvgIpc) is 2.00. The molecule has 1 aliphatic carbocycles. The Labute approximate surface area is 95.6 Å². The Bertz CT molecular complexity index is 198. The van der Waals surface area contributed by atoms with E-state index in [0.29, 0.717) is 18.9 Å². The van der Waals surface area contributed by atoms with Crippen LogP contribution < -0.4 is 5.73 Å². The van der Waals surface area contributed by atoms with Gasteiger partial charge >= 0.3 is 0 Å². The fourth-order valence-electron chi connectivity index (χ4n) is 2.51. The third kappa shape index (κ3) is 3.02. The predicted octanol–water partition coefficient (Wildman–Crippen LogP) is 1.88. The van der Waals surface area contributed by atoms with Crippen molar-refractivity contribution < 1.29 is 8.78 Å². The third-order valence-electron chi connectivity index (χ3n) is 3.51. The molecule has 2 N–H and O–H groups in total. The van der Waals surface area contributed by atoms with Gasteiger partial charge < -0.3 is 5.73 Å². The highest BCUT2D eigenvalue weighted by Gasteiger charge is 2.39. The molecule has 0 radical (unpaired) electrons. The number of halogens is 3. The summed E-state index contributed by atoms with van der Waals surface area (Å²) in [5.74, 6) is -0.349. The summed E-state index contributed by atoms with van der Waals surface area (Å²) in [5.41, 5.74) is 5.85. The molecule has 0 aromatic carbocycles. The van der Waals surface area contributed by atoms with Crippen molar-refractivity contribution in [1.82, 2.24) is 4.90 Å². The van der Waals surface area contributed by atoms with Crippen LogP contribution in [0.5, 0.6) is 0 Å². The summed E-state index contributed by atoms with van der Waals surface area (Å²) in [5, 5.41) is 0. The topological polar surface area (TPSA) is 29.3 Å². The van der Waals surface area contributed by atoms with Crippen LogP contribution in [0, 0.1) is 5.92 Å². The van der Waals surface area contributed by atoms with E-state index in [4.69, 9.17) is 5.73 Å². The van der Waals surface area contributed by atoms with Crippen molar-refractivity contribution in [3.8, 4) is 0 Å². The van der Waals surface area contributed by atoms with Gasteiger partial charge in [-0.1, -0.05) is 0 Å². The molecule has 0 aromatic rings. The molecule has 0 aromatic heterocycles. The minimum Gasteiger partial charge on any atom is -0.327 e. The molecular formula is C10H19ClF2N2. The third-order valence-corrected chi connectivity index (χ3v) is 3.51. The molecule has 15 heavy (non-hydrogen) atoms. The van der Waals surface area contributed by atoms with Crippen molar-refractivity contribution in [1.29, 1.82) is 0 Å². The first kappa shape index (κ1) is 13.1. The molecule has 2 fully saturated rings. The largest absolute Gasteiger partial charge is 0.327 e. The molecule has 5 heteroatoms. The quantitative estimate of drug-likeness (QED) is 0.799. The molecule has 0 spiro atoms. The Morgan fingerprint density at radius 1 is 1.27 bits per heavy atom. The lowest BCUT2D eigenvalue weighted by atomic mass is 9.79. The first-order valence-electron chi connectivity index (χ1n) is 5.44. The molecule has 1 atom stereocenters. The van der Waals surface area contributed by atoms with E-state index in [2.05, 4.69) is 4.90 Å². The van der Waals surface area contributed by atoms with Gasteiger partial charge in [0, 0.05) is 24.5 Å². The molecule has 1 heterocycles. The lowest BCUT2D eigenvalue weighted by Crippen LogP contribution is -2.53. The van der Waals surface area contributed by atoms with Crippen molar-refractivity contribution in [3.05, 3.63) is 0 Å². The lowest BCUT2D eigenvalue weighted by Gasteiger charge is -2.45. The monoisotopic (exact) mass is 240 g/mol. The summed E-state index contributed by atoms with van der Waals surface area (Å²) in [6.07, 6.45) is 1.43. The van der Waals surface area contributed by atoms with Crippen LogP contribution >= 0.6 is 12.4 Å². The fourth-order valence-corrected chi connectivity index (χ4v) is 2.51. The number of hydrogen-bond acceptors (Lipinski definition) is 2. The van der Waals surface area contributed by atoms with E-state index < -0.39 is 6.43 Å². The van der Waals surface area contributed by atoms with Crippen LogP contribution in [0.4, 0.5) is 8.78 Å². The van der Waals surface area contributed by atoms with E-state index >= 15 is 0 Å². The Balaban J connectivity index is 0.00000112. The van der Waals surface area contributed by atoms with Crippen LogP contribution in [0.1, 0.15) is 25.7 Å². The van der Waals surface area contributed by atoms with Gasteiger partial charge in [0.1, 0.15) is 0 Å². The first-order valence-corrected chi connectivity index (χ1v) is 5.44. The molecule has 1 unspecified atom stereocenters. The van der Waals surface area contributed by atoms with Gasteiger partial charge in [0.2, 0.25) is 6.43 Å². The smallest absolute Gasteiger partial charge is 0.241 e. The standard InChI is InChI=1S/C10H18F2N2.ClH/c11-10(12)7-4-9(5-7)14-3-1-2-8(13)6-14;/h7-10H,1-6,13H2;1H. The molecular weight excluding hydrogens is 222 g/mol. The van der Waals surface area contributed by atoms with Crippen molar-refractivity contribution in [2.24, 2.45) is 11.7 Å². The number of alkyl halides is 2. The van der Waals surface area contributed by atoms with Gasteiger partial charge in [-0.25, -0.2) is 8.78 Å². The molecule has 2 nitrogen and oxygen atoms in total. The number of likely N-dealkylation sites (tertiary alicyclic amines) is 1. The summed E-state index contributed by atoms with van der Waals surface area (Å²) in [6.45, 7) is 1.95. The van der Waals surface area contributed by atoms with Crippen LogP contribution in [0.3, 0.4) is 0 Å². The lowest BCUT2D eigenvalue weighted by molar-refractivity contribution is -0.0292. The maximum absolute atomic E-state index is 12.3. The molecule has 0 bridgehead atoms. The average molecular weight is 241 g/mol. The maximum atomic E-state index is 12.3. The normalized spacial score (nSPS) is 37.2. The van der Waals surface area contributed by atoms with E-state index in [1.807, 2.05) is 0 Å². The summed E-state index contributed by atoms with van der Waals surface area (Å²) in [7, 11) is 0. The minimum atomic E-state index is -2.12. The van der Waals surface area contributed by atoms with Gasteiger partial charge in [-0.05, 0) is 32.2 Å². The van der Waals surface area contributed by atoms with Crippen molar-refractivity contribution >= 4 is 12.4 Å². The molecule has 2 rings (SSSR count). The van der Waals surface area contributed by atoms with E-state index in [0.717, 1.165) is 25.9 Å². The summed E-state index contributed by atoms with van der Waals surface area (Å²) >= 11 is 0. The summed E-state index contributed by atoms with van der Waals surface area (Å²) in [4.78, 5) is 2.30. The first-order chi connectivity index (χ1) is 6.66. The Hall–Kier alpha value is 0.0700. The van der Waals surface area contributed by atoms with E-state index in [9.17, 15) is 8.78 Å². The minimum absolute atomic E-state index is 0. The van der Waals surface area contributed by atoms with Crippen molar-refractivity contribution in [2.45, 2.75) is 44.2 Å². The van der Waals surface area contributed by atoms with Crippen molar-refractivity contribution in [2.75, 3.05) is 13.1 Å². The molecule has 90 valence electrons. The molecule has 1 saturated heterocycles. The SMILES string of the molecule is Cl.NC1CCCN(C2CC(C(F)F)C2)C1. The predicted molar refractivity (Wildman–Crippen MR) is 58.5 cm³/mol. The van der Waals surface area contributed by atoms with Gasteiger partial charge in [-0.3, -0.25) is 4.90 Å². The van der Waals surface area contributed by atoms with Gasteiger partial charge in [-0.2, -0.15) is 0 Å². The zero-order chi connectivity index (χ0) is 10.1. The highest BCUT2D eigenvalue weighted by Crippen LogP contribution is 2.36. The molecule has 1 aliphatic heterocycles. The van der Waals surface area contributed by atoms with Crippen LogP contribution in [-0.4, -0.2) is 36.5 Å². The molecule has 2 aliphatic rings. The van der Waals surface area contributed by atoms with Gasteiger partial charge in [0.05, 0.1) is 0 Å². The fraction of sp³-hybridized carbons (Fsp3) is 1.00. The number of rotatable bonds is 2. The number of nitrogens with two attached hydrogens (primary N) is 1. The number of hydrogen-bond donors (Lipinski definition) is 1. The zero-order valence-electron chi connectivity index (χ0n) is 8.74. The Morgan fingerprint density at radius 3 is 2.47 bits per heavy atom. The van der Waals surface area contributed by atoms with E-state index in [-0.39, 0.29) is 24.4 Å².